The Kier molecular flexibility index (Phi) is 6.19. The third-order valence-corrected chi connectivity index (χ3v) is 3.89. The molecule has 0 aliphatic heterocycles. The number of amides is 1. The lowest BCUT2D eigenvalue weighted by Gasteiger charge is -2.14. The lowest BCUT2D eigenvalue weighted by molar-refractivity contribution is -0.384. The molecular weight excluding hydrogens is 350 g/mol. The predicted octanol–water partition coefficient (Wildman–Crippen LogP) is 4.05. The number of nitrogens with one attached hydrogen (secondary N) is 2. The molecule has 2 aromatic carbocycles. The van der Waals surface area contributed by atoms with Gasteiger partial charge >= 0.3 is 0 Å². The molecule has 0 aliphatic rings. The first-order valence-corrected chi connectivity index (χ1v) is 8.29. The minimum atomic E-state index is -0.473. The molecule has 0 unspecified atom stereocenters. The molecule has 0 saturated carbocycles. The Balaban J connectivity index is 1.97. The van der Waals surface area contributed by atoms with E-state index in [4.69, 9.17) is 12.2 Å². The molecule has 0 heterocycles. The van der Waals surface area contributed by atoms with Crippen LogP contribution in [-0.4, -0.2) is 15.9 Å². The number of hydrogen-bond donors (Lipinski definition) is 2. The van der Waals surface area contributed by atoms with Crippen molar-refractivity contribution in [3.8, 4) is 0 Å². The number of carbonyl (C=O) groups excluding carboxylic acids is 1. The zero-order chi connectivity index (χ0) is 19.3. The van der Waals surface area contributed by atoms with E-state index in [1.54, 1.807) is 18.2 Å². The van der Waals surface area contributed by atoms with Gasteiger partial charge in [-0.05, 0) is 67.9 Å². The highest BCUT2D eigenvalue weighted by Crippen LogP contribution is 2.21. The van der Waals surface area contributed by atoms with Crippen LogP contribution >= 0.6 is 12.2 Å². The summed E-state index contributed by atoms with van der Waals surface area (Å²) in [5, 5.41) is 16.5. The van der Waals surface area contributed by atoms with Crippen LogP contribution in [0.5, 0.6) is 0 Å². The summed E-state index contributed by atoms with van der Waals surface area (Å²) in [7, 11) is 0. The van der Waals surface area contributed by atoms with Crippen LogP contribution in [0.15, 0.2) is 42.5 Å². The van der Waals surface area contributed by atoms with Crippen molar-refractivity contribution in [2.75, 3.05) is 5.32 Å². The summed E-state index contributed by atoms with van der Waals surface area (Å²) >= 11 is 5.19. The van der Waals surface area contributed by atoms with Crippen molar-refractivity contribution in [1.82, 2.24) is 5.32 Å². The molecular formula is C19H19N3O3S. The molecule has 0 atom stereocenters. The topological polar surface area (TPSA) is 84.3 Å². The normalized spacial score (nSPS) is 10.6. The van der Waals surface area contributed by atoms with Gasteiger partial charge in [0.2, 0.25) is 5.91 Å². The molecule has 6 nitrogen and oxygen atoms in total. The van der Waals surface area contributed by atoms with E-state index in [0.29, 0.717) is 5.56 Å². The average molecular weight is 369 g/mol. The maximum Gasteiger partial charge on any atom is 0.269 e. The Bertz CT molecular complexity index is 866. The van der Waals surface area contributed by atoms with Crippen LogP contribution in [0, 0.1) is 30.9 Å². The number of hydrogen-bond acceptors (Lipinski definition) is 4. The SMILES string of the molecule is Cc1cc(C)c(NC(=S)NC(=O)/C=C/c2ccc([N+](=O)[O-])cc2)c(C)c1. The number of anilines is 1. The van der Waals surface area contributed by atoms with Crippen molar-refractivity contribution >= 4 is 40.7 Å². The van der Waals surface area contributed by atoms with E-state index in [0.717, 1.165) is 22.4 Å². The second-order valence-electron chi connectivity index (χ2n) is 5.90. The van der Waals surface area contributed by atoms with Gasteiger partial charge in [0.15, 0.2) is 5.11 Å². The standard InChI is InChI=1S/C19H19N3O3S/c1-12-10-13(2)18(14(3)11-12)21-19(26)20-17(23)9-6-15-4-7-16(8-5-15)22(24)25/h4-11H,1-3H3,(H2,20,21,23,26)/b9-6+. The van der Waals surface area contributed by atoms with E-state index < -0.39 is 4.92 Å². The maximum absolute atomic E-state index is 12.0. The second-order valence-corrected chi connectivity index (χ2v) is 6.31. The van der Waals surface area contributed by atoms with Crippen molar-refractivity contribution < 1.29 is 9.72 Å². The van der Waals surface area contributed by atoms with E-state index in [1.807, 2.05) is 32.9 Å². The van der Waals surface area contributed by atoms with Crippen molar-refractivity contribution in [3.63, 3.8) is 0 Å². The number of nitro benzene ring substituents is 1. The smallest absolute Gasteiger partial charge is 0.269 e. The highest BCUT2D eigenvalue weighted by Gasteiger charge is 2.07. The predicted molar refractivity (Wildman–Crippen MR) is 107 cm³/mol. The summed E-state index contributed by atoms with van der Waals surface area (Å²) < 4.78 is 0. The number of carbonyl (C=O) groups is 1. The fraction of sp³-hybridized carbons (Fsp3) is 0.158. The summed E-state index contributed by atoms with van der Waals surface area (Å²) in [4.78, 5) is 22.1. The molecule has 0 saturated heterocycles. The van der Waals surface area contributed by atoms with Gasteiger partial charge in [-0.3, -0.25) is 20.2 Å². The molecule has 0 fully saturated rings. The highest BCUT2D eigenvalue weighted by atomic mass is 32.1. The first kappa shape index (κ1) is 19.3. The van der Waals surface area contributed by atoms with E-state index in [1.165, 1.54) is 18.2 Å². The fourth-order valence-electron chi connectivity index (χ4n) is 2.55. The Morgan fingerprint density at radius 1 is 1.12 bits per heavy atom. The Morgan fingerprint density at radius 3 is 2.23 bits per heavy atom. The summed E-state index contributed by atoms with van der Waals surface area (Å²) in [6.07, 6.45) is 2.88. The molecule has 134 valence electrons. The van der Waals surface area contributed by atoms with Gasteiger partial charge in [-0.15, -0.1) is 0 Å². The lowest BCUT2D eigenvalue weighted by Crippen LogP contribution is -2.33. The zero-order valence-electron chi connectivity index (χ0n) is 14.7. The average Bonchev–Trinajstić information content (AvgIpc) is 2.56. The van der Waals surface area contributed by atoms with E-state index in [2.05, 4.69) is 10.6 Å². The molecule has 2 rings (SSSR count). The molecule has 0 radical (unpaired) electrons. The van der Waals surface area contributed by atoms with Crippen molar-refractivity contribution in [3.05, 3.63) is 74.8 Å². The molecule has 7 heteroatoms. The van der Waals surface area contributed by atoms with Crippen molar-refractivity contribution in [2.45, 2.75) is 20.8 Å². The number of nitrogens with zero attached hydrogens (tertiary/aromatic N) is 1. The van der Waals surface area contributed by atoms with Crippen LogP contribution < -0.4 is 10.6 Å². The molecule has 2 aromatic rings. The fourth-order valence-corrected chi connectivity index (χ4v) is 2.76. The van der Waals surface area contributed by atoms with Gasteiger partial charge in [0, 0.05) is 23.9 Å². The molecule has 0 spiro atoms. The first-order valence-electron chi connectivity index (χ1n) is 7.88. The summed E-state index contributed by atoms with van der Waals surface area (Å²) in [6, 6.07) is 9.97. The van der Waals surface area contributed by atoms with Gasteiger partial charge < -0.3 is 5.32 Å². The zero-order valence-corrected chi connectivity index (χ0v) is 15.5. The minimum absolute atomic E-state index is 0.000756. The molecule has 0 aliphatic carbocycles. The molecule has 1 amide bonds. The maximum atomic E-state index is 12.0. The van der Waals surface area contributed by atoms with Crippen LogP contribution in [0.25, 0.3) is 6.08 Å². The third kappa shape index (κ3) is 5.22. The van der Waals surface area contributed by atoms with Gasteiger partial charge in [0.25, 0.3) is 5.69 Å². The quantitative estimate of drug-likeness (QED) is 0.368. The summed E-state index contributed by atoms with van der Waals surface area (Å²) in [5.74, 6) is -0.386. The van der Waals surface area contributed by atoms with Crippen LogP contribution in [-0.2, 0) is 4.79 Å². The van der Waals surface area contributed by atoms with E-state index in [9.17, 15) is 14.9 Å². The Morgan fingerprint density at radius 2 is 1.69 bits per heavy atom. The van der Waals surface area contributed by atoms with Crippen LogP contribution in [0.4, 0.5) is 11.4 Å². The van der Waals surface area contributed by atoms with Crippen LogP contribution in [0.1, 0.15) is 22.3 Å². The lowest BCUT2D eigenvalue weighted by atomic mass is 10.1. The highest BCUT2D eigenvalue weighted by molar-refractivity contribution is 7.80. The van der Waals surface area contributed by atoms with Crippen molar-refractivity contribution in [1.29, 1.82) is 0 Å². The van der Waals surface area contributed by atoms with Gasteiger partial charge in [-0.1, -0.05) is 17.7 Å². The third-order valence-electron chi connectivity index (χ3n) is 3.68. The summed E-state index contributed by atoms with van der Waals surface area (Å²) in [6.45, 7) is 5.97. The van der Waals surface area contributed by atoms with Gasteiger partial charge in [0.1, 0.15) is 0 Å². The van der Waals surface area contributed by atoms with E-state index in [-0.39, 0.29) is 16.7 Å². The number of benzene rings is 2. The molecule has 26 heavy (non-hydrogen) atoms. The number of aryl methyl sites for hydroxylation is 3. The van der Waals surface area contributed by atoms with Crippen molar-refractivity contribution in [2.24, 2.45) is 0 Å². The largest absolute Gasteiger partial charge is 0.332 e. The Labute approximate surface area is 157 Å². The van der Waals surface area contributed by atoms with Crippen LogP contribution in [0.3, 0.4) is 0 Å². The molecule has 0 aromatic heterocycles. The first-order chi connectivity index (χ1) is 12.3. The minimum Gasteiger partial charge on any atom is -0.332 e. The summed E-state index contributed by atoms with van der Waals surface area (Å²) in [5.41, 5.74) is 4.79. The number of rotatable bonds is 4. The van der Waals surface area contributed by atoms with Crippen LogP contribution in [0.2, 0.25) is 0 Å². The molecule has 0 bridgehead atoms. The number of thiocarbonyl (C=S) groups is 1. The van der Waals surface area contributed by atoms with Gasteiger partial charge in [0.05, 0.1) is 4.92 Å². The van der Waals surface area contributed by atoms with E-state index >= 15 is 0 Å². The van der Waals surface area contributed by atoms with Gasteiger partial charge in [-0.2, -0.15) is 0 Å². The Hall–Kier alpha value is -3.06. The number of non-ortho nitro benzene ring substituents is 1. The van der Waals surface area contributed by atoms with Gasteiger partial charge in [-0.25, -0.2) is 0 Å². The molecule has 2 N–H and O–H groups in total. The second kappa shape index (κ2) is 8.35. The monoisotopic (exact) mass is 369 g/mol. The number of nitro groups is 1.